The van der Waals surface area contributed by atoms with Crippen molar-refractivity contribution in [3.8, 4) is 11.5 Å². The van der Waals surface area contributed by atoms with Gasteiger partial charge in [0.05, 0.1) is 11.1 Å². The number of hydrogen-bond donors (Lipinski definition) is 0. The molecule has 1 heterocycles. The standard InChI is InChI=1S/C22H24O4/c1-4-5-6-13-22(2,3)15-7-9-16(10-8-15)25-17-11-12-18-19(14-17)21(24)26-20(18)23/h7-12,14H,4-6,13H2,1-3H3. The third-order valence-electron chi connectivity index (χ3n) is 4.89. The Labute approximate surface area is 154 Å². The Balaban J connectivity index is 1.71. The average molecular weight is 352 g/mol. The van der Waals surface area contributed by atoms with Crippen molar-refractivity contribution in [3.05, 3.63) is 59.2 Å². The number of ether oxygens (including phenoxy) is 2. The number of carbonyl (C=O) groups is 2. The Bertz CT molecular complexity index is 819. The molecule has 2 aromatic carbocycles. The van der Waals surface area contributed by atoms with Gasteiger partial charge in [-0.05, 0) is 47.7 Å². The van der Waals surface area contributed by atoms with Crippen molar-refractivity contribution in [2.45, 2.75) is 51.9 Å². The van der Waals surface area contributed by atoms with Crippen molar-refractivity contribution in [1.29, 1.82) is 0 Å². The highest BCUT2D eigenvalue weighted by molar-refractivity contribution is 6.14. The number of hydrogen-bond acceptors (Lipinski definition) is 4. The van der Waals surface area contributed by atoms with Crippen molar-refractivity contribution in [2.24, 2.45) is 0 Å². The van der Waals surface area contributed by atoms with Crippen molar-refractivity contribution >= 4 is 11.9 Å². The zero-order chi connectivity index (χ0) is 18.7. The predicted molar refractivity (Wildman–Crippen MR) is 99.9 cm³/mol. The van der Waals surface area contributed by atoms with E-state index in [9.17, 15) is 9.59 Å². The van der Waals surface area contributed by atoms with Gasteiger partial charge in [0, 0.05) is 0 Å². The number of rotatable bonds is 7. The molecule has 2 aromatic rings. The van der Waals surface area contributed by atoms with E-state index >= 15 is 0 Å². The fourth-order valence-corrected chi connectivity index (χ4v) is 3.20. The summed E-state index contributed by atoms with van der Waals surface area (Å²) in [6, 6.07) is 12.8. The maximum absolute atomic E-state index is 11.6. The first-order chi connectivity index (χ1) is 12.4. The molecule has 0 fully saturated rings. The molecule has 0 N–H and O–H groups in total. The molecule has 1 aliphatic rings. The molecule has 4 nitrogen and oxygen atoms in total. The molecule has 0 aliphatic carbocycles. The van der Waals surface area contributed by atoms with Gasteiger partial charge in [-0.15, -0.1) is 0 Å². The Kier molecular flexibility index (Phi) is 5.12. The smallest absolute Gasteiger partial charge is 0.347 e. The van der Waals surface area contributed by atoms with E-state index in [0.717, 1.165) is 6.42 Å². The van der Waals surface area contributed by atoms with E-state index in [4.69, 9.17) is 4.74 Å². The van der Waals surface area contributed by atoms with Gasteiger partial charge in [-0.2, -0.15) is 0 Å². The molecular formula is C22H24O4. The van der Waals surface area contributed by atoms with Crippen molar-refractivity contribution in [2.75, 3.05) is 0 Å². The first-order valence-electron chi connectivity index (χ1n) is 9.09. The summed E-state index contributed by atoms with van der Waals surface area (Å²) in [5.41, 5.74) is 1.95. The molecule has 0 unspecified atom stereocenters. The van der Waals surface area contributed by atoms with E-state index < -0.39 is 11.9 Å². The summed E-state index contributed by atoms with van der Waals surface area (Å²) in [6.45, 7) is 6.75. The normalized spacial score (nSPS) is 13.5. The van der Waals surface area contributed by atoms with Crippen molar-refractivity contribution in [3.63, 3.8) is 0 Å². The number of unbranched alkanes of at least 4 members (excludes halogenated alkanes) is 2. The van der Waals surface area contributed by atoms with Crippen LogP contribution in [0.15, 0.2) is 42.5 Å². The number of fused-ring (bicyclic) bond motifs is 1. The van der Waals surface area contributed by atoms with E-state index in [1.165, 1.54) is 24.8 Å². The second-order valence-corrected chi connectivity index (χ2v) is 7.35. The largest absolute Gasteiger partial charge is 0.457 e. The molecule has 0 spiro atoms. The van der Waals surface area contributed by atoms with Crippen LogP contribution >= 0.6 is 0 Å². The third kappa shape index (κ3) is 3.79. The lowest BCUT2D eigenvalue weighted by Crippen LogP contribution is -2.16. The van der Waals surface area contributed by atoms with Crippen LogP contribution in [0.5, 0.6) is 11.5 Å². The first-order valence-corrected chi connectivity index (χ1v) is 9.09. The summed E-state index contributed by atoms with van der Waals surface area (Å²) in [5, 5.41) is 0. The monoisotopic (exact) mass is 352 g/mol. The summed E-state index contributed by atoms with van der Waals surface area (Å²) in [5.74, 6) is -0.0352. The highest BCUT2D eigenvalue weighted by Gasteiger charge is 2.30. The minimum atomic E-state index is -0.625. The molecule has 0 saturated carbocycles. The molecule has 136 valence electrons. The van der Waals surface area contributed by atoms with Crippen LogP contribution in [0.3, 0.4) is 0 Å². The average Bonchev–Trinajstić information content (AvgIpc) is 2.89. The summed E-state index contributed by atoms with van der Waals surface area (Å²) in [6.07, 6.45) is 4.87. The minimum absolute atomic E-state index is 0.130. The van der Waals surface area contributed by atoms with Crippen LogP contribution < -0.4 is 4.74 Å². The lowest BCUT2D eigenvalue weighted by atomic mass is 9.80. The lowest BCUT2D eigenvalue weighted by Gasteiger charge is -2.25. The van der Waals surface area contributed by atoms with Crippen LogP contribution in [0, 0.1) is 0 Å². The van der Waals surface area contributed by atoms with Gasteiger partial charge in [-0.25, -0.2) is 9.59 Å². The Morgan fingerprint density at radius 2 is 1.54 bits per heavy atom. The van der Waals surface area contributed by atoms with Crippen LogP contribution in [-0.4, -0.2) is 11.9 Å². The highest BCUT2D eigenvalue weighted by Crippen LogP contribution is 2.32. The van der Waals surface area contributed by atoms with Crippen LogP contribution in [0.2, 0.25) is 0 Å². The highest BCUT2D eigenvalue weighted by atomic mass is 16.6. The second-order valence-electron chi connectivity index (χ2n) is 7.35. The van der Waals surface area contributed by atoms with Gasteiger partial charge >= 0.3 is 11.9 Å². The quantitative estimate of drug-likeness (QED) is 0.367. The van der Waals surface area contributed by atoms with Gasteiger partial charge in [0.25, 0.3) is 0 Å². The van der Waals surface area contributed by atoms with E-state index in [2.05, 4.69) is 37.6 Å². The SMILES string of the molecule is CCCCCC(C)(C)c1ccc(Oc2ccc3c(c2)C(=O)OC3=O)cc1. The van der Waals surface area contributed by atoms with E-state index in [-0.39, 0.29) is 16.5 Å². The molecule has 0 atom stereocenters. The summed E-state index contributed by atoms with van der Waals surface area (Å²) >= 11 is 0. The molecule has 4 heteroatoms. The Hall–Kier alpha value is -2.62. The van der Waals surface area contributed by atoms with Crippen molar-refractivity contribution in [1.82, 2.24) is 0 Å². The molecule has 1 aliphatic heterocycles. The number of cyclic esters (lactones) is 2. The Morgan fingerprint density at radius 1 is 0.885 bits per heavy atom. The second kappa shape index (κ2) is 7.32. The molecule has 0 bridgehead atoms. The van der Waals surface area contributed by atoms with Gasteiger partial charge in [0.1, 0.15) is 11.5 Å². The number of benzene rings is 2. The van der Waals surface area contributed by atoms with Gasteiger partial charge in [-0.3, -0.25) is 0 Å². The molecular weight excluding hydrogens is 328 g/mol. The van der Waals surface area contributed by atoms with Crippen LogP contribution in [0.25, 0.3) is 0 Å². The fourth-order valence-electron chi connectivity index (χ4n) is 3.20. The topological polar surface area (TPSA) is 52.6 Å². The number of esters is 2. The molecule has 3 rings (SSSR count). The summed E-state index contributed by atoms with van der Waals surface area (Å²) in [4.78, 5) is 23.1. The van der Waals surface area contributed by atoms with E-state index in [1.54, 1.807) is 18.2 Å². The first kappa shape index (κ1) is 18.2. The number of carbonyl (C=O) groups excluding carboxylic acids is 2. The molecule has 0 amide bonds. The fraction of sp³-hybridized carbons (Fsp3) is 0.364. The third-order valence-corrected chi connectivity index (χ3v) is 4.89. The zero-order valence-corrected chi connectivity index (χ0v) is 15.5. The maximum atomic E-state index is 11.6. The van der Waals surface area contributed by atoms with Gasteiger partial charge in [0.15, 0.2) is 0 Å². The molecule has 0 radical (unpaired) electrons. The minimum Gasteiger partial charge on any atom is -0.457 e. The Morgan fingerprint density at radius 3 is 2.23 bits per heavy atom. The lowest BCUT2D eigenvalue weighted by molar-refractivity contribution is 0.0443. The van der Waals surface area contributed by atoms with Crippen LogP contribution in [0.1, 0.15) is 72.7 Å². The predicted octanol–water partition coefficient (Wildman–Crippen LogP) is 5.65. The van der Waals surface area contributed by atoms with Gasteiger partial charge < -0.3 is 9.47 Å². The summed E-state index contributed by atoms with van der Waals surface area (Å²) < 4.78 is 10.4. The zero-order valence-electron chi connectivity index (χ0n) is 15.5. The van der Waals surface area contributed by atoms with Gasteiger partial charge in [0.2, 0.25) is 0 Å². The maximum Gasteiger partial charge on any atom is 0.347 e. The van der Waals surface area contributed by atoms with Crippen LogP contribution in [0.4, 0.5) is 0 Å². The van der Waals surface area contributed by atoms with Crippen molar-refractivity contribution < 1.29 is 19.1 Å². The van der Waals surface area contributed by atoms with E-state index in [1.807, 2.05) is 12.1 Å². The van der Waals surface area contributed by atoms with Gasteiger partial charge in [-0.1, -0.05) is 52.2 Å². The van der Waals surface area contributed by atoms with E-state index in [0.29, 0.717) is 11.5 Å². The summed E-state index contributed by atoms with van der Waals surface area (Å²) in [7, 11) is 0. The van der Waals surface area contributed by atoms with Crippen LogP contribution in [-0.2, 0) is 10.2 Å². The molecule has 0 saturated heterocycles. The molecule has 0 aromatic heterocycles. The molecule has 26 heavy (non-hydrogen) atoms.